The summed E-state index contributed by atoms with van der Waals surface area (Å²) in [6.07, 6.45) is 2.12. The Hall–Kier alpha value is -2.09. The molecule has 0 bridgehead atoms. The predicted molar refractivity (Wildman–Crippen MR) is 67.9 cm³/mol. The number of carbonyl (C=O) groups is 1. The average Bonchev–Trinajstić information content (AvgIpc) is 3.13. The van der Waals surface area contributed by atoms with Crippen LogP contribution in [0.1, 0.15) is 31.0 Å². The van der Waals surface area contributed by atoms with Crippen LogP contribution >= 0.6 is 0 Å². The number of carbonyl (C=O) groups excluding carboxylic acids is 1. The van der Waals surface area contributed by atoms with Crippen LogP contribution in [0.5, 0.6) is 0 Å². The van der Waals surface area contributed by atoms with E-state index >= 15 is 0 Å². The number of pyridine rings is 1. The molecule has 1 aromatic rings. The van der Waals surface area contributed by atoms with Gasteiger partial charge >= 0.3 is 0 Å². The van der Waals surface area contributed by atoms with Crippen LogP contribution in [-0.4, -0.2) is 23.0 Å². The Morgan fingerprint density at radius 1 is 1.56 bits per heavy atom. The minimum Gasteiger partial charge on any atom is -0.358 e. The molecule has 1 aliphatic carbocycles. The van der Waals surface area contributed by atoms with Gasteiger partial charge in [-0.05, 0) is 38.8 Å². The van der Waals surface area contributed by atoms with Crippen LogP contribution in [-0.2, 0) is 4.79 Å². The summed E-state index contributed by atoms with van der Waals surface area (Å²) in [5, 5.41) is 14.9. The molecule has 94 valence electrons. The zero-order chi connectivity index (χ0) is 13.1. The van der Waals surface area contributed by atoms with Crippen LogP contribution in [0.15, 0.2) is 12.1 Å². The minimum absolute atomic E-state index is 0.0512. The average molecular weight is 244 g/mol. The molecule has 2 rings (SSSR count). The molecule has 0 spiro atoms. The Kier molecular flexibility index (Phi) is 3.47. The Morgan fingerprint density at radius 3 is 2.89 bits per heavy atom. The van der Waals surface area contributed by atoms with Crippen molar-refractivity contribution < 1.29 is 4.79 Å². The molecule has 2 N–H and O–H groups in total. The molecule has 0 saturated heterocycles. The molecular weight excluding hydrogens is 228 g/mol. The Labute approximate surface area is 106 Å². The van der Waals surface area contributed by atoms with Crippen LogP contribution in [0.4, 0.5) is 5.82 Å². The third-order valence-electron chi connectivity index (χ3n) is 2.83. The lowest BCUT2D eigenvalue weighted by Gasteiger charge is -2.15. The van der Waals surface area contributed by atoms with Crippen molar-refractivity contribution in [2.45, 2.75) is 38.8 Å². The zero-order valence-electron chi connectivity index (χ0n) is 10.5. The van der Waals surface area contributed by atoms with Gasteiger partial charge < -0.3 is 10.6 Å². The third kappa shape index (κ3) is 2.98. The lowest BCUT2D eigenvalue weighted by molar-refractivity contribution is -0.121. The number of hydrogen-bond donors (Lipinski definition) is 2. The molecular formula is C13H16N4O. The number of anilines is 1. The topological polar surface area (TPSA) is 77.8 Å². The molecule has 0 radical (unpaired) electrons. The van der Waals surface area contributed by atoms with Crippen LogP contribution in [0.3, 0.4) is 0 Å². The van der Waals surface area contributed by atoms with E-state index in [4.69, 9.17) is 5.26 Å². The molecule has 1 unspecified atom stereocenters. The Bertz CT molecular complexity index is 502. The molecule has 18 heavy (non-hydrogen) atoms. The van der Waals surface area contributed by atoms with Crippen molar-refractivity contribution >= 4 is 11.7 Å². The van der Waals surface area contributed by atoms with Gasteiger partial charge in [0.05, 0.1) is 5.56 Å². The first-order valence-corrected chi connectivity index (χ1v) is 6.05. The molecule has 1 atom stereocenters. The standard InChI is InChI=1S/C13H16N4O/c1-8-3-4-10(7-14)12(15-8)16-9(2)13(18)17-11-5-6-11/h3-4,9,11H,5-6H2,1-2H3,(H,15,16)(H,17,18). The molecule has 0 aromatic carbocycles. The zero-order valence-corrected chi connectivity index (χ0v) is 10.5. The summed E-state index contributed by atoms with van der Waals surface area (Å²) in [6, 6.07) is 5.48. The number of aromatic nitrogens is 1. The van der Waals surface area contributed by atoms with E-state index in [0.717, 1.165) is 18.5 Å². The lowest BCUT2D eigenvalue weighted by atomic mass is 10.2. The van der Waals surface area contributed by atoms with E-state index in [9.17, 15) is 4.79 Å². The number of rotatable bonds is 4. The van der Waals surface area contributed by atoms with Crippen molar-refractivity contribution in [1.82, 2.24) is 10.3 Å². The van der Waals surface area contributed by atoms with Crippen molar-refractivity contribution in [2.75, 3.05) is 5.32 Å². The largest absolute Gasteiger partial charge is 0.358 e. The van der Waals surface area contributed by atoms with Crippen LogP contribution in [0, 0.1) is 18.3 Å². The Morgan fingerprint density at radius 2 is 2.28 bits per heavy atom. The monoisotopic (exact) mass is 244 g/mol. The highest BCUT2D eigenvalue weighted by Crippen LogP contribution is 2.19. The first-order chi connectivity index (χ1) is 8.60. The van der Waals surface area contributed by atoms with Crippen molar-refractivity contribution in [3.05, 3.63) is 23.4 Å². The molecule has 1 saturated carbocycles. The van der Waals surface area contributed by atoms with Gasteiger partial charge in [-0.15, -0.1) is 0 Å². The summed E-state index contributed by atoms with van der Waals surface area (Å²) < 4.78 is 0. The summed E-state index contributed by atoms with van der Waals surface area (Å²) >= 11 is 0. The van der Waals surface area contributed by atoms with Crippen LogP contribution in [0.25, 0.3) is 0 Å². The number of aryl methyl sites for hydroxylation is 1. The number of amides is 1. The van der Waals surface area contributed by atoms with E-state index in [1.54, 1.807) is 19.1 Å². The van der Waals surface area contributed by atoms with E-state index in [1.807, 2.05) is 6.92 Å². The second-order valence-corrected chi connectivity index (χ2v) is 4.61. The van der Waals surface area contributed by atoms with E-state index in [2.05, 4.69) is 21.7 Å². The maximum Gasteiger partial charge on any atom is 0.242 e. The normalized spacial score (nSPS) is 15.6. The molecule has 5 nitrogen and oxygen atoms in total. The maximum absolute atomic E-state index is 11.8. The minimum atomic E-state index is -0.396. The molecule has 1 aromatic heterocycles. The van der Waals surface area contributed by atoms with E-state index in [0.29, 0.717) is 17.4 Å². The van der Waals surface area contributed by atoms with Gasteiger partial charge in [0.2, 0.25) is 5.91 Å². The highest BCUT2D eigenvalue weighted by Gasteiger charge is 2.25. The molecule has 0 aliphatic heterocycles. The summed E-state index contributed by atoms with van der Waals surface area (Å²) in [4.78, 5) is 16.0. The summed E-state index contributed by atoms with van der Waals surface area (Å²) in [7, 11) is 0. The molecule has 1 amide bonds. The van der Waals surface area contributed by atoms with E-state index < -0.39 is 6.04 Å². The molecule has 5 heteroatoms. The quantitative estimate of drug-likeness (QED) is 0.837. The van der Waals surface area contributed by atoms with Gasteiger partial charge in [-0.3, -0.25) is 4.79 Å². The summed E-state index contributed by atoms with van der Waals surface area (Å²) in [5.74, 6) is 0.417. The molecule has 1 fully saturated rings. The van der Waals surface area contributed by atoms with E-state index in [-0.39, 0.29) is 5.91 Å². The van der Waals surface area contributed by atoms with Gasteiger partial charge in [-0.2, -0.15) is 5.26 Å². The van der Waals surface area contributed by atoms with Gasteiger partial charge in [-0.25, -0.2) is 4.98 Å². The highest BCUT2D eigenvalue weighted by atomic mass is 16.2. The Balaban J connectivity index is 2.05. The molecule has 1 aliphatic rings. The van der Waals surface area contributed by atoms with Gasteiger partial charge in [0.25, 0.3) is 0 Å². The summed E-state index contributed by atoms with van der Waals surface area (Å²) in [5.41, 5.74) is 1.26. The van der Waals surface area contributed by atoms with Crippen molar-refractivity contribution in [1.29, 1.82) is 5.26 Å². The fourth-order valence-electron chi connectivity index (χ4n) is 1.58. The van der Waals surface area contributed by atoms with E-state index in [1.165, 1.54) is 0 Å². The van der Waals surface area contributed by atoms with Crippen LogP contribution < -0.4 is 10.6 Å². The maximum atomic E-state index is 11.8. The number of nitrogens with zero attached hydrogens (tertiary/aromatic N) is 2. The van der Waals surface area contributed by atoms with Gasteiger partial charge in [-0.1, -0.05) is 0 Å². The van der Waals surface area contributed by atoms with Gasteiger partial charge in [0.1, 0.15) is 17.9 Å². The number of nitriles is 1. The summed E-state index contributed by atoms with van der Waals surface area (Å²) in [6.45, 7) is 3.62. The van der Waals surface area contributed by atoms with Crippen molar-refractivity contribution in [3.63, 3.8) is 0 Å². The highest BCUT2D eigenvalue weighted by molar-refractivity contribution is 5.84. The second kappa shape index (κ2) is 5.05. The fraction of sp³-hybridized carbons (Fsp3) is 0.462. The van der Waals surface area contributed by atoms with Crippen molar-refractivity contribution in [2.24, 2.45) is 0 Å². The first-order valence-electron chi connectivity index (χ1n) is 6.05. The third-order valence-corrected chi connectivity index (χ3v) is 2.83. The lowest BCUT2D eigenvalue weighted by Crippen LogP contribution is -2.39. The fourth-order valence-corrected chi connectivity index (χ4v) is 1.58. The van der Waals surface area contributed by atoms with Crippen molar-refractivity contribution in [3.8, 4) is 6.07 Å². The number of hydrogen-bond acceptors (Lipinski definition) is 4. The SMILES string of the molecule is Cc1ccc(C#N)c(NC(C)C(=O)NC2CC2)n1. The smallest absolute Gasteiger partial charge is 0.242 e. The number of nitrogens with one attached hydrogen (secondary N) is 2. The molecule has 1 heterocycles. The van der Waals surface area contributed by atoms with Crippen LogP contribution in [0.2, 0.25) is 0 Å². The van der Waals surface area contributed by atoms with Gasteiger partial charge in [0.15, 0.2) is 0 Å². The predicted octanol–water partition coefficient (Wildman–Crippen LogP) is 1.34. The first kappa shape index (κ1) is 12.4. The second-order valence-electron chi connectivity index (χ2n) is 4.61. The van der Waals surface area contributed by atoms with Gasteiger partial charge in [0, 0.05) is 11.7 Å².